The molecule has 0 spiro atoms. The van der Waals surface area contributed by atoms with Crippen LogP contribution in [0.3, 0.4) is 0 Å². The molecule has 6 nitrogen and oxygen atoms in total. The van der Waals surface area contributed by atoms with Gasteiger partial charge in [0.15, 0.2) is 0 Å². The van der Waals surface area contributed by atoms with E-state index in [0.29, 0.717) is 11.3 Å². The zero-order valence-electron chi connectivity index (χ0n) is 25.9. The molecule has 0 aliphatic carbocycles. The van der Waals surface area contributed by atoms with Crippen molar-refractivity contribution in [1.82, 2.24) is 24.5 Å². The summed E-state index contributed by atoms with van der Waals surface area (Å²) in [5.74, 6) is 0.706. The van der Waals surface area contributed by atoms with Crippen LogP contribution in [-0.4, -0.2) is 14.5 Å². The molecule has 0 fully saturated rings. The molecule has 10 aromatic rings. The van der Waals surface area contributed by atoms with Gasteiger partial charge in [-0.3, -0.25) is 9.55 Å². The van der Waals surface area contributed by atoms with E-state index in [1.54, 1.807) is 12.4 Å². The van der Waals surface area contributed by atoms with Gasteiger partial charge in [-0.05, 0) is 62.8 Å². The van der Waals surface area contributed by atoms with Crippen molar-refractivity contribution in [3.63, 3.8) is 0 Å². The molecular formula is C41H26N6Zn. The molecule has 0 atom stereocenters. The van der Waals surface area contributed by atoms with Crippen LogP contribution in [0.4, 0.5) is 5.82 Å². The Labute approximate surface area is 288 Å². The van der Waals surface area contributed by atoms with Gasteiger partial charge in [0, 0.05) is 34.2 Å². The fraction of sp³-hybridized carbons (Fsp3) is 0. The zero-order valence-corrected chi connectivity index (χ0v) is 28.9. The number of rotatable bonds is 2. The van der Waals surface area contributed by atoms with Crippen molar-refractivity contribution in [2.75, 3.05) is 0 Å². The van der Waals surface area contributed by atoms with Crippen molar-refractivity contribution < 1.29 is 19.5 Å². The van der Waals surface area contributed by atoms with E-state index < -0.39 is 0 Å². The van der Waals surface area contributed by atoms with Crippen molar-refractivity contribution in [1.29, 1.82) is 0 Å². The van der Waals surface area contributed by atoms with Crippen LogP contribution < -0.4 is 15.5 Å². The molecule has 48 heavy (non-hydrogen) atoms. The predicted molar refractivity (Wildman–Crippen MR) is 191 cm³/mol. The molecule has 5 aromatic carbocycles. The Balaban J connectivity index is 0.000000140. The molecule has 0 amide bonds. The van der Waals surface area contributed by atoms with E-state index >= 15 is 0 Å². The Hall–Kier alpha value is -5.91. The predicted octanol–water partition coefficient (Wildman–Crippen LogP) is 9.02. The Morgan fingerprint density at radius 3 is 2.08 bits per heavy atom. The van der Waals surface area contributed by atoms with Gasteiger partial charge in [-0.2, -0.15) is 0 Å². The molecule has 0 bridgehead atoms. The molecule has 10 rings (SSSR count). The van der Waals surface area contributed by atoms with Crippen LogP contribution >= 0.6 is 0 Å². The van der Waals surface area contributed by atoms with Crippen LogP contribution in [0, 0.1) is 0 Å². The number of pyridine rings is 3. The first-order valence-corrected chi connectivity index (χ1v) is 15.5. The van der Waals surface area contributed by atoms with Crippen LogP contribution in [0.1, 0.15) is 0 Å². The van der Waals surface area contributed by atoms with E-state index in [0.717, 1.165) is 54.8 Å². The fourth-order valence-electron chi connectivity index (χ4n) is 6.49. The molecule has 0 unspecified atom stereocenters. The van der Waals surface area contributed by atoms with E-state index in [4.69, 9.17) is 9.97 Å². The monoisotopic (exact) mass is 666 g/mol. The molecule has 5 aromatic heterocycles. The average Bonchev–Trinajstić information content (AvgIpc) is 3.68. The van der Waals surface area contributed by atoms with Crippen LogP contribution in [-0.2, 0) is 19.5 Å². The molecule has 0 aliphatic rings. The third-order valence-electron chi connectivity index (χ3n) is 8.63. The minimum absolute atomic E-state index is 0. The van der Waals surface area contributed by atoms with Crippen molar-refractivity contribution in [2.45, 2.75) is 0 Å². The standard InChI is InChI=1S/C23H14N3.C18H12N3.Zn/c1-3-11-19-15(7-1)17-9-5-13-21(22(17)25-19)26-20-12-4-2-8-16(20)18-10-6-14-24-23(18)26;1-3-7-15-13(5-1)9-11-19-17(15)21-18-16-8-4-2-6-14(16)10-12-20-18;/h1-14H;1-12H;/q2*-1;+2. The van der Waals surface area contributed by atoms with Gasteiger partial charge in [-0.25, -0.2) is 4.98 Å². The molecule has 5 heterocycles. The summed E-state index contributed by atoms with van der Waals surface area (Å²) in [6, 6.07) is 47.5. The Morgan fingerprint density at radius 2 is 1.21 bits per heavy atom. The Morgan fingerprint density at radius 1 is 0.521 bits per heavy atom. The van der Waals surface area contributed by atoms with Gasteiger partial charge in [0.25, 0.3) is 0 Å². The second-order valence-corrected chi connectivity index (χ2v) is 11.4. The van der Waals surface area contributed by atoms with Gasteiger partial charge in [0.1, 0.15) is 5.65 Å². The number of benzene rings is 5. The SMILES string of the molecule is [Zn+2].c1ccc2c(N=c3[n-]ccc4ccccc34)nccc2c1.c1ccc2c(c1)[n-]c1c(-n3c4ccccc4c4cccnc43)cccc12. The first-order chi connectivity index (χ1) is 23.3. The number of para-hydroxylation sites is 3. The fourth-order valence-corrected chi connectivity index (χ4v) is 6.49. The molecule has 0 radical (unpaired) electrons. The van der Waals surface area contributed by atoms with E-state index in [2.05, 4.69) is 98.4 Å². The van der Waals surface area contributed by atoms with Crippen LogP contribution in [0.2, 0.25) is 0 Å². The van der Waals surface area contributed by atoms with Gasteiger partial charge in [-0.15, -0.1) is 11.0 Å². The summed E-state index contributed by atoms with van der Waals surface area (Å²) >= 11 is 0. The quantitative estimate of drug-likeness (QED) is 0.173. The van der Waals surface area contributed by atoms with Crippen molar-refractivity contribution in [3.05, 3.63) is 164 Å². The maximum atomic E-state index is 4.94. The molecule has 222 valence electrons. The summed E-state index contributed by atoms with van der Waals surface area (Å²) in [5.41, 5.74) is 5.94. The Kier molecular flexibility index (Phi) is 7.60. The van der Waals surface area contributed by atoms with Crippen LogP contribution in [0.25, 0.3) is 71.0 Å². The number of aromatic nitrogens is 5. The minimum Gasteiger partial charge on any atom is -0.655 e. The number of hydrogen-bond acceptors (Lipinski definition) is 3. The molecule has 0 aliphatic heterocycles. The van der Waals surface area contributed by atoms with E-state index in [-0.39, 0.29) is 19.5 Å². The van der Waals surface area contributed by atoms with E-state index in [1.807, 2.05) is 66.9 Å². The van der Waals surface area contributed by atoms with E-state index in [9.17, 15) is 0 Å². The van der Waals surface area contributed by atoms with Crippen molar-refractivity contribution in [3.8, 4) is 5.69 Å². The van der Waals surface area contributed by atoms with Gasteiger partial charge < -0.3 is 15.0 Å². The Bertz CT molecular complexity index is 2760. The largest absolute Gasteiger partial charge is 2.00 e. The van der Waals surface area contributed by atoms with Crippen LogP contribution in [0.5, 0.6) is 0 Å². The summed E-state index contributed by atoms with van der Waals surface area (Å²) in [4.78, 5) is 23.1. The first-order valence-electron chi connectivity index (χ1n) is 15.5. The molecule has 0 saturated carbocycles. The summed E-state index contributed by atoms with van der Waals surface area (Å²) in [5, 5.41) is 9.08. The number of nitrogens with zero attached hydrogens (tertiary/aromatic N) is 6. The maximum absolute atomic E-state index is 4.94. The third kappa shape index (κ3) is 4.96. The van der Waals surface area contributed by atoms with Crippen molar-refractivity contribution in [2.24, 2.45) is 4.99 Å². The number of fused-ring (bicyclic) bond motifs is 8. The third-order valence-corrected chi connectivity index (χ3v) is 8.63. The zero-order chi connectivity index (χ0) is 31.2. The smallest absolute Gasteiger partial charge is 0.655 e. The molecular weight excluding hydrogens is 642 g/mol. The first kappa shape index (κ1) is 29.5. The number of hydrogen-bond donors (Lipinski definition) is 0. The van der Waals surface area contributed by atoms with Crippen LogP contribution in [0.15, 0.2) is 163 Å². The van der Waals surface area contributed by atoms with Crippen molar-refractivity contribution >= 4 is 71.1 Å². The second-order valence-electron chi connectivity index (χ2n) is 11.4. The average molecular weight is 668 g/mol. The summed E-state index contributed by atoms with van der Waals surface area (Å²) < 4.78 is 2.24. The normalized spacial score (nSPS) is 11.7. The molecule has 0 N–H and O–H groups in total. The van der Waals surface area contributed by atoms with Gasteiger partial charge in [0.05, 0.1) is 11.3 Å². The van der Waals surface area contributed by atoms with Gasteiger partial charge >= 0.3 is 19.5 Å². The summed E-state index contributed by atoms with van der Waals surface area (Å²) in [7, 11) is 0. The van der Waals surface area contributed by atoms with Gasteiger partial charge in [0.2, 0.25) is 0 Å². The summed E-state index contributed by atoms with van der Waals surface area (Å²) in [6.45, 7) is 0. The topological polar surface area (TPSA) is 71.3 Å². The van der Waals surface area contributed by atoms with Gasteiger partial charge in [-0.1, -0.05) is 115 Å². The maximum Gasteiger partial charge on any atom is 2.00 e. The molecule has 7 heteroatoms. The van der Waals surface area contributed by atoms with E-state index in [1.165, 1.54) is 16.2 Å². The molecule has 0 saturated heterocycles. The minimum atomic E-state index is 0. The summed E-state index contributed by atoms with van der Waals surface area (Å²) in [6.07, 6.45) is 5.42. The second kappa shape index (κ2) is 12.4.